The van der Waals surface area contributed by atoms with E-state index in [4.69, 9.17) is 5.11 Å². The molecule has 2 amide bonds. The molecule has 0 aliphatic carbocycles. The molecule has 1 atom stereocenters. The molecule has 2 aromatic heterocycles. The highest BCUT2D eigenvalue weighted by atomic mass is 16.4. The number of aromatic nitrogens is 4. The number of carboxylic acids is 1. The normalized spacial score (nSPS) is 11.6. The van der Waals surface area contributed by atoms with Gasteiger partial charge in [0.1, 0.15) is 6.04 Å². The molecule has 0 saturated heterocycles. The smallest absolute Gasteiger partial charge is 0.328 e. The molecule has 3 rings (SSSR count). The van der Waals surface area contributed by atoms with E-state index in [9.17, 15) is 14.4 Å². The number of hydrogen-bond donors (Lipinski definition) is 3. The van der Waals surface area contributed by atoms with E-state index >= 15 is 0 Å². The fourth-order valence-electron chi connectivity index (χ4n) is 2.39. The maximum absolute atomic E-state index is 12.4. The van der Waals surface area contributed by atoms with Gasteiger partial charge in [-0.05, 0) is 31.2 Å². The predicted molar refractivity (Wildman–Crippen MR) is 100 cm³/mol. The van der Waals surface area contributed by atoms with E-state index in [0.717, 1.165) is 0 Å². The molecule has 10 heteroatoms. The number of aliphatic carboxylic acids is 1. The summed E-state index contributed by atoms with van der Waals surface area (Å²) in [5.41, 5.74) is 1.44. The second-order valence-corrected chi connectivity index (χ2v) is 6.09. The Hall–Kier alpha value is -3.95. The van der Waals surface area contributed by atoms with Gasteiger partial charge in [0.25, 0.3) is 11.8 Å². The minimum Gasteiger partial charge on any atom is -0.480 e. The van der Waals surface area contributed by atoms with Crippen molar-refractivity contribution >= 4 is 29.2 Å². The summed E-state index contributed by atoms with van der Waals surface area (Å²) in [4.78, 5) is 35.5. The number of carbonyl (C=O) groups is 3. The Morgan fingerprint density at radius 3 is 2.39 bits per heavy atom. The third-order valence-corrected chi connectivity index (χ3v) is 3.94. The van der Waals surface area contributed by atoms with Gasteiger partial charge in [-0.2, -0.15) is 10.2 Å². The Morgan fingerprint density at radius 1 is 1.11 bits per heavy atom. The third-order valence-electron chi connectivity index (χ3n) is 3.94. The minimum absolute atomic E-state index is 0.219. The zero-order chi connectivity index (χ0) is 20.3. The van der Waals surface area contributed by atoms with Crippen LogP contribution in [0.1, 0.15) is 33.8 Å². The van der Waals surface area contributed by atoms with E-state index in [2.05, 4.69) is 20.8 Å². The molecule has 0 aliphatic rings. The van der Waals surface area contributed by atoms with Gasteiger partial charge in [0, 0.05) is 30.8 Å². The van der Waals surface area contributed by atoms with Crippen LogP contribution in [0.15, 0.2) is 48.9 Å². The van der Waals surface area contributed by atoms with Gasteiger partial charge in [-0.3, -0.25) is 19.0 Å². The Bertz CT molecular complexity index is 1040. The maximum atomic E-state index is 12.4. The summed E-state index contributed by atoms with van der Waals surface area (Å²) >= 11 is 0. The lowest BCUT2D eigenvalue weighted by atomic mass is 10.2. The number of hydrogen-bond acceptors (Lipinski definition) is 5. The highest BCUT2D eigenvalue weighted by Gasteiger charge is 2.17. The number of nitrogens with one attached hydrogen (secondary N) is 2. The van der Waals surface area contributed by atoms with Crippen LogP contribution in [0.2, 0.25) is 0 Å². The highest BCUT2D eigenvalue weighted by Crippen LogP contribution is 2.17. The van der Waals surface area contributed by atoms with Crippen LogP contribution in [-0.2, 0) is 11.8 Å². The lowest BCUT2D eigenvalue weighted by molar-refractivity contribution is -0.140. The van der Waals surface area contributed by atoms with Crippen molar-refractivity contribution in [3.63, 3.8) is 0 Å². The summed E-state index contributed by atoms with van der Waals surface area (Å²) in [6.07, 6.45) is 4.32. The Kier molecular flexibility index (Phi) is 5.21. The van der Waals surface area contributed by atoms with E-state index in [0.29, 0.717) is 11.4 Å². The van der Waals surface area contributed by atoms with Crippen molar-refractivity contribution in [2.45, 2.75) is 13.0 Å². The Morgan fingerprint density at radius 2 is 1.79 bits per heavy atom. The van der Waals surface area contributed by atoms with E-state index < -0.39 is 17.9 Å². The van der Waals surface area contributed by atoms with Crippen LogP contribution in [0.5, 0.6) is 0 Å². The molecule has 3 N–H and O–H groups in total. The number of anilines is 2. The molecule has 0 bridgehead atoms. The monoisotopic (exact) mass is 382 g/mol. The van der Waals surface area contributed by atoms with Gasteiger partial charge in [0.2, 0.25) is 0 Å². The van der Waals surface area contributed by atoms with Gasteiger partial charge in [0.05, 0.1) is 11.8 Å². The average Bonchev–Trinajstić information content (AvgIpc) is 3.30. The van der Waals surface area contributed by atoms with Crippen molar-refractivity contribution in [3.05, 3.63) is 60.2 Å². The molecule has 0 radical (unpaired) electrons. The number of nitrogens with zero attached hydrogens (tertiary/aromatic N) is 4. The summed E-state index contributed by atoms with van der Waals surface area (Å²) in [6.45, 7) is 1.46. The van der Waals surface area contributed by atoms with E-state index in [1.165, 1.54) is 28.7 Å². The molecule has 1 unspecified atom stereocenters. The lowest BCUT2D eigenvalue weighted by Gasteiger charge is -2.08. The van der Waals surface area contributed by atoms with Gasteiger partial charge < -0.3 is 15.7 Å². The first kappa shape index (κ1) is 18.8. The van der Waals surface area contributed by atoms with Gasteiger partial charge in [-0.15, -0.1) is 0 Å². The van der Waals surface area contributed by atoms with Crippen LogP contribution in [0.4, 0.5) is 11.4 Å². The van der Waals surface area contributed by atoms with Crippen molar-refractivity contribution in [1.29, 1.82) is 0 Å². The molecule has 28 heavy (non-hydrogen) atoms. The zero-order valence-electron chi connectivity index (χ0n) is 15.2. The van der Waals surface area contributed by atoms with Crippen molar-refractivity contribution in [1.82, 2.24) is 19.6 Å². The number of benzene rings is 1. The molecule has 0 aliphatic heterocycles. The topological polar surface area (TPSA) is 131 Å². The van der Waals surface area contributed by atoms with Crippen molar-refractivity contribution in [3.8, 4) is 0 Å². The molecular formula is C18H18N6O4. The fourth-order valence-corrected chi connectivity index (χ4v) is 2.39. The van der Waals surface area contributed by atoms with Crippen molar-refractivity contribution in [2.24, 2.45) is 7.05 Å². The van der Waals surface area contributed by atoms with Crippen LogP contribution < -0.4 is 10.6 Å². The second kappa shape index (κ2) is 7.74. The number of amides is 2. The number of carbonyl (C=O) groups excluding carboxylic acids is 2. The molecule has 10 nitrogen and oxygen atoms in total. The Labute approximate surface area is 159 Å². The molecule has 144 valence electrons. The van der Waals surface area contributed by atoms with E-state index in [1.54, 1.807) is 43.6 Å². The standard InChI is InChI=1S/C18H18N6O4/c1-11(18(27)28)24-10-12(9-19-24)16(25)20-13-4-3-5-14(8-13)21-17(26)15-6-7-23(2)22-15/h3-11H,1-2H3,(H,20,25)(H,21,26)(H,27,28). The summed E-state index contributed by atoms with van der Waals surface area (Å²) in [5.74, 6) is -1.86. The molecule has 0 saturated carbocycles. The largest absolute Gasteiger partial charge is 0.480 e. The minimum atomic E-state index is -1.05. The molecule has 2 heterocycles. The van der Waals surface area contributed by atoms with Crippen LogP contribution in [0.25, 0.3) is 0 Å². The first-order chi connectivity index (χ1) is 13.3. The van der Waals surface area contributed by atoms with Crippen molar-refractivity contribution in [2.75, 3.05) is 10.6 Å². The third kappa shape index (κ3) is 4.23. The fraction of sp³-hybridized carbons (Fsp3) is 0.167. The number of aryl methyl sites for hydroxylation is 1. The highest BCUT2D eigenvalue weighted by molar-refractivity contribution is 6.05. The number of rotatable bonds is 6. The summed E-state index contributed by atoms with van der Waals surface area (Å²) in [5, 5.41) is 22.3. The average molecular weight is 382 g/mol. The first-order valence-electron chi connectivity index (χ1n) is 8.33. The van der Waals surface area contributed by atoms with Gasteiger partial charge in [-0.25, -0.2) is 4.79 Å². The Balaban J connectivity index is 1.68. The van der Waals surface area contributed by atoms with Crippen LogP contribution in [0.3, 0.4) is 0 Å². The summed E-state index contributed by atoms with van der Waals surface area (Å²) in [7, 11) is 1.71. The predicted octanol–water partition coefficient (Wildman–Crippen LogP) is 1.77. The van der Waals surface area contributed by atoms with Gasteiger partial charge >= 0.3 is 5.97 Å². The van der Waals surface area contributed by atoms with Gasteiger partial charge in [-0.1, -0.05) is 6.07 Å². The summed E-state index contributed by atoms with van der Waals surface area (Å²) < 4.78 is 2.72. The molecule has 3 aromatic rings. The van der Waals surface area contributed by atoms with E-state index in [1.807, 2.05) is 0 Å². The zero-order valence-corrected chi connectivity index (χ0v) is 15.2. The molecular weight excluding hydrogens is 364 g/mol. The van der Waals surface area contributed by atoms with Crippen LogP contribution >= 0.6 is 0 Å². The molecule has 0 spiro atoms. The summed E-state index contributed by atoms with van der Waals surface area (Å²) in [6, 6.07) is 7.34. The van der Waals surface area contributed by atoms with E-state index in [-0.39, 0.29) is 17.2 Å². The molecule has 0 fully saturated rings. The lowest BCUT2D eigenvalue weighted by Crippen LogP contribution is -2.16. The quantitative estimate of drug-likeness (QED) is 0.595. The first-order valence-corrected chi connectivity index (χ1v) is 8.33. The maximum Gasteiger partial charge on any atom is 0.328 e. The van der Waals surface area contributed by atoms with Crippen LogP contribution in [-0.4, -0.2) is 42.5 Å². The number of carboxylic acid groups (broad SMARTS) is 1. The van der Waals surface area contributed by atoms with Crippen LogP contribution in [0, 0.1) is 0 Å². The SMILES string of the molecule is CC(C(=O)O)n1cc(C(=O)Nc2cccc(NC(=O)c3ccn(C)n3)c2)cn1. The van der Waals surface area contributed by atoms with Crippen molar-refractivity contribution < 1.29 is 19.5 Å². The van der Waals surface area contributed by atoms with Gasteiger partial charge in [0.15, 0.2) is 5.69 Å². The molecule has 1 aromatic carbocycles. The second-order valence-electron chi connectivity index (χ2n) is 6.09.